The van der Waals surface area contributed by atoms with Gasteiger partial charge in [-0.15, -0.1) is 0 Å². The maximum atomic E-state index is 11.6. The number of hydrogen-bond donors (Lipinski definition) is 3. The van der Waals surface area contributed by atoms with Gasteiger partial charge in [-0.3, -0.25) is 0 Å². The molecule has 0 aliphatic carbocycles. The largest absolute Gasteiger partial charge is 0.430 e. The van der Waals surface area contributed by atoms with E-state index >= 15 is 0 Å². The number of rotatable bonds is 17. The summed E-state index contributed by atoms with van der Waals surface area (Å²) in [7, 11) is 0. The average Bonchev–Trinajstić information content (AvgIpc) is 2.80. The van der Waals surface area contributed by atoms with E-state index in [2.05, 4.69) is 0 Å². The van der Waals surface area contributed by atoms with E-state index in [1.807, 2.05) is 0 Å². The van der Waals surface area contributed by atoms with E-state index in [1.54, 1.807) is 20.8 Å². The number of hydrogen-bond acceptors (Lipinski definition) is 12. The molecule has 0 aromatic heterocycles. The van der Waals surface area contributed by atoms with Crippen LogP contribution in [0.4, 0.5) is 0 Å². The Kier molecular flexibility index (Phi) is 17.3. The van der Waals surface area contributed by atoms with E-state index in [0.29, 0.717) is 0 Å². The predicted octanol–water partition coefficient (Wildman–Crippen LogP) is 0.883. The normalized spacial score (nSPS) is 17.9. The third-order valence-electron chi connectivity index (χ3n) is 4.32. The van der Waals surface area contributed by atoms with Crippen LogP contribution in [0.25, 0.3) is 0 Å². The summed E-state index contributed by atoms with van der Waals surface area (Å²) >= 11 is 0. The summed E-state index contributed by atoms with van der Waals surface area (Å²) in [4.78, 5) is 34.6. The monoisotopic (exact) mass is 518 g/mol. The van der Waals surface area contributed by atoms with Crippen molar-refractivity contribution in [3.05, 3.63) is 36.5 Å². The highest BCUT2D eigenvalue weighted by Crippen LogP contribution is 2.12. The average molecular weight is 519 g/mol. The third kappa shape index (κ3) is 14.7. The van der Waals surface area contributed by atoms with Gasteiger partial charge >= 0.3 is 17.9 Å². The molecule has 0 saturated heterocycles. The number of carbonyl (C=O) groups is 3. The first-order chi connectivity index (χ1) is 16.9. The second-order valence-electron chi connectivity index (χ2n) is 7.52. The lowest BCUT2D eigenvalue weighted by molar-refractivity contribution is -0.221. The number of esters is 3. The van der Waals surface area contributed by atoms with Gasteiger partial charge < -0.3 is 43.7 Å². The van der Waals surface area contributed by atoms with Crippen LogP contribution in [0.15, 0.2) is 36.5 Å². The minimum Gasteiger partial charge on any atom is -0.430 e. The molecule has 36 heavy (non-hydrogen) atoms. The zero-order valence-corrected chi connectivity index (χ0v) is 21.4. The lowest BCUT2D eigenvalue weighted by Crippen LogP contribution is -2.41. The molecule has 0 aliphatic heterocycles. The van der Waals surface area contributed by atoms with Gasteiger partial charge in [0.05, 0.1) is 13.2 Å². The minimum atomic E-state index is -1.62. The van der Waals surface area contributed by atoms with Crippen LogP contribution in [-0.2, 0) is 42.8 Å². The molecule has 0 heterocycles. The van der Waals surface area contributed by atoms with Gasteiger partial charge in [0, 0.05) is 18.2 Å². The van der Waals surface area contributed by atoms with E-state index in [4.69, 9.17) is 28.4 Å². The first-order valence-electron chi connectivity index (χ1n) is 11.4. The molecular weight excluding hydrogens is 480 g/mol. The smallest absolute Gasteiger partial charge is 0.332 e. The lowest BCUT2D eigenvalue weighted by atomic mass is 10.3. The molecule has 0 fully saturated rings. The van der Waals surface area contributed by atoms with Gasteiger partial charge in [-0.1, -0.05) is 18.2 Å². The highest BCUT2D eigenvalue weighted by Gasteiger charge is 2.27. The summed E-state index contributed by atoms with van der Waals surface area (Å²) in [5.74, 6) is -2.29. The Labute approximate surface area is 211 Å². The van der Waals surface area contributed by atoms with Crippen LogP contribution in [0.3, 0.4) is 0 Å². The molecule has 12 nitrogen and oxygen atoms in total. The quantitative estimate of drug-likeness (QED) is 0.108. The van der Waals surface area contributed by atoms with Crippen molar-refractivity contribution in [1.82, 2.24) is 0 Å². The van der Waals surface area contributed by atoms with Crippen molar-refractivity contribution in [3.63, 3.8) is 0 Å². The second-order valence-corrected chi connectivity index (χ2v) is 7.52. The molecule has 0 amide bonds. The Morgan fingerprint density at radius 3 is 1.22 bits per heavy atom. The molecule has 6 unspecified atom stereocenters. The third-order valence-corrected chi connectivity index (χ3v) is 4.32. The van der Waals surface area contributed by atoms with E-state index in [-0.39, 0.29) is 13.2 Å². The molecule has 206 valence electrons. The molecule has 0 radical (unpaired) electrons. The molecule has 0 aliphatic rings. The summed E-state index contributed by atoms with van der Waals surface area (Å²) in [5, 5.41) is 30.1. The number of allylic oxidation sites excluding steroid dienone is 3. The van der Waals surface area contributed by atoms with Crippen molar-refractivity contribution in [2.75, 3.05) is 13.2 Å². The van der Waals surface area contributed by atoms with Crippen molar-refractivity contribution in [1.29, 1.82) is 0 Å². The fraction of sp³-hybridized carbons (Fsp3) is 0.625. The Hall–Kier alpha value is -2.61. The molecule has 0 spiro atoms. The van der Waals surface area contributed by atoms with Crippen LogP contribution in [0, 0.1) is 0 Å². The Morgan fingerprint density at radius 2 is 0.917 bits per heavy atom. The molecule has 12 heteroatoms. The number of aliphatic hydroxyl groups is 3. The van der Waals surface area contributed by atoms with Crippen LogP contribution in [0.1, 0.15) is 41.5 Å². The van der Waals surface area contributed by atoms with Crippen molar-refractivity contribution in [2.24, 2.45) is 0 Å². The Morgan fingerprint density at radius 1 is 0.611 bits per heavy atom. The molecule has 0 bridgehead atoms. The number of ether oxygens (including phenoxy) is 6. The highest BCUT2D eigenvalue weighted by molar-refractivity contribution is 5.82. The number of carbonyl (C=O) groups excluding carboxylic acids is 3. The van der Waals surface area contributed by atoms with Crippen molar-refractivity contribution < 1.29 is 58.1 Å². The Balaban J connectivity index is 5.15. The van der Waals surface area contributed by atoms with Gasteiger partial charge in [0.1, 0.15) is 24.4 Å². The summed E-state index contributed by atoms with van der Waals surface area (Å²) in [5.41, 5.74) is 0. The van der Waals surface area contributed by atoms with E-state index in [1.165, 1.54) is 39.0 Å². The van der Waals surface area contributed by atoms with Gasteiger partial charge in [-0.05, 0) is 41.5 Å². The topological polar surface area (TPSA) is 167 Å². The van der Waals surface area contributed by atoms with Gasteiger partial charge in [0.15, 0.2) is 0 Å². The highest BCUT2D eigenvalue weighted by atomic mass is 16.7. The van der Waals surface area contributed by atoms with Crippen LogP contribution >= 0.6 is 0 Å². The second kappa shape index (κ2) is 18.6. The summed E-state index contributed by atoms with van der Waals surface area (Å²) in [6, 6.07) is 0. The molecule has 3 N–H and O–H groups in total. The van der Waals surface area contributed by atoms with Gasteiger partial charge in [-0.25, -0.2) is 14.4 Å². The van der Waals surface area contributed by atoms with Gasteiger partial charge in [0.25, 0.3) is 0 Å². The van der Waals surface area contributed by atoms with Crippen LogP contribution in [0.5, 0.6) is 0 Å². The minimum absolute atomic E-state index is 0.222. The first kappa shape index (κ1) is 33.4. The molecule has 0 saturated carbocycles. The van der Waals surface area contributed by atoms with Gasteiger partial charge in [-0.2, -0.15) is 0 Å². The molecule has 0 aromatic carbocycles. The van der Waals surface area contributed by atoms with Crippen LogP contribution in [-0.4, -0.2) is 89.7 Å². The zero-order valence-electron chi connectivity index (χ0n) is 21.4. The standard InChI is InChI=1S/C24H38O12/c1-7-10-19(25)34-22(28)15(4)31-13-18(33-17(6)24(30)36-21(27)12-9-3)14-32-16(5)23(29)35-20(26)11-8-2/h7-12,15-18,22-24,28-30H,13-14H2,1-6H3. The summed E-state index contributed by atoms with van der Waals surface area (Å²) < 4.78 is 31.2. The lowest BCUT2D eigenvalue weighted by Gasteiger charge is -2.28. The SMILES string of the molecule is CC=CC(=O)OC(O)C(C)OCC(COC(C)C(O)OC(=O)C=CC)OC(C)C(O)OC(=O)C=CC. The maximum Gasteiger partial charge on any atom is 0.332 e. The number of aliphatic hydroxyl groups excluding tert-OH is 3. The zero-order chi connectivity index (χ0) is 27.7. The Bertz CT molecular complexity index is 705. The van der Waals surface area contributed by atoms with Gasteiger partial charge in [0.2, 0.25) is 18.9 Å². The van der Waals surface area contributed by atoms with Crippen LogP contribution in [0.2, 0.25) is 0 Å². The summed E-state index contributed by atoms with van der Waals surface area (Å²) in [6.07, 6.45) is -0.949. The molecule has 0 aromatic rings. The van der Waals surface area contributed by atoms with Crippen molar-refractivity contribution in [3.8, 4) is 0 Å². The molecule has 6 atom stereocenters. The van der Waals surface area contributed by atoms with E-state index < -0.39 is 61.2 Å². The first-order valence-corrected chi connectivity index (χ1v) is 11.4. The molecule has 0 rings (SSSR count). The maximum absolute atomic E-state index is 11.6. The molecular formula is C24H38O12. The summed E-state index contributed by atoms with van der Waals surface area (Å²) in [6.45, 7) is 8.73. The van der Waals surface area contributed by atoms with Crippen LogP contribution < -0.4 is 0 Å². The fourth-order valence-corrected chi connectivity index (χ4v) is 2.35. The van der Waals surface area contributed by atoms with E-state index in [0.717, 1.165) is 18.2 Å². The van der Waals surface area contributed by atoms with Crippen molar-refractivity contribution >= 4 is 17.9 Å². The fourth-order valence-electron chi connectivity index (χ4n) is 2.35. The van der Waals surface area contributed by atoms with E-state index in [9.17, 15) is 29.7 Å². The predicted molar refractivity (Wildman–Crippen MR) is 126 cm³/mol. The van der Waals surface area contributed by atoms with Crippen molar-refractivity contribution in [2.45, 2.75) is 84.8 Å².